The van der Waals surface area contributed by atoms with E-state index in [1.165, 1.54) is 18.2 Å². The van der Waals surface area contributed by atoms with Crippen molar-refractivity contribution in [3.8, 4) is 23.0 Å². The molecule has 0 aromatic heterocycles. The molecule has 0 aliphatic carbocycles. The first kappa shape index (κ1) is 33.9. The van der Waals surface area contributed by atoms with E-state index in [0.717, 1.165) is 60.2 Å². The van der Waals surface area contributed by atoms with Gasteiger partial charge in [0.25, 0.3) is 17.5 Å². The van der Waals surface area contributed by atoms with Crippen LogP contribution in [0.3, 0.4) is 0 Å². The normalized spacial score (nSPS) is 14.3. The van der Waals surface area contributed by atoms with Gasteiger partial charge in [0, 0.05) is 23.4 Å². The first-order valence-electron chi connectivity index (χ1n) is 17.9. The summed E-state index contributed by atoms with van der Waals surface area (Å²) in [5, 5.41) is 15.6. The van der Waals surface area contributed by atoms with Crippen molar-refractivity contribution in [3.05, 3.63) is 146 Å². The van der Waals surface area contributed by atoms with E-state index < -0.39 is 28.4 Å². The lowest BCUT2D eigenvalue weighted by Crippen LogP contribution is -2.31. The maximum Gasteiger partial charge on any atom is 0.338 e. The highest BCUT2D eigenvalue weighted by Crippen LogP contribution is 2.45. The number of nitro benzene ring substituents is 1. The summed E-state index contributed by atoms with van der Waals surface area (Å²) in [7, 11) is 0. The van der Waals surface area contributed by atoms with E-state index in [2.05, 4.69) is 36.4 Å². The quantitative estimate of drug-likeness (QED) is 0.0394. The van der Waals surface area contributed by atoms with Crippen LogP contribution in [0.5, 0.6) is 23.0 Å². The number of carbonyl (C=O) groups is 3. The summed E-state index contributed by atoms with van der Waals surface area (Å²) < 4.78 is 30.9. The molecule has 12 nitrogen and oxygen atoms in total. The fourth-order valence-electron chi connectivity index (χ4n) is 7.46. The average molecular weight is 737 g/mol. The number of nitrogens with zero attached hydrogens (tertiary/aromatic N) is 2. The van der Waals surface area contributed by atoms with Gasteiger partial charge in [-0.2, -0.15) is 0 Å². The van der Waals surface area contributed by atoms with Crippen molar-refractivity contribution in [3.63, 3.8) is 0 Å². The average Bonchev–Trinajstić information content (AvgIpc) is 3.44. The van der Waals surface area contributed by atoms with E-state index in [1.807, 2.05) is 24.3 Å². The van der Waals surface area contributed by atoms with Crippen molar-refractivity contribution in [2.75, 3.05) is 13.2 Å². The molecule has 0 saturated carbocycles. The Bertz CT molecular complexity index is 2600. The number of amides is 2. The Morgan fingerprint density at radius 1 is 0.655 bits per heavy atom. The number of rotatable bonds is 7. The molecule has 0 unspecified atom stereocenters. The van der Waals surface area contributed by atoms with Gasteiger partial charge in [-0.15, -0.1) is 0 Å². The number of unbranched alkanes of at least 4 members (excludes halogenated alkanes) is 1. The van der Waals surface area contributed by atoms with Crippen LogP contribution in [0, 0.1) is 10.1 Å². The summed E-state index contributed by atoms with van der Waals surface area (Å²) in [6.45, 7) is 1.30. The number of imide groups is 1. The maximum atomic E-state index is 13.0. The Labute approximate surface area is 313 Å². The van der Waals surface area contributed by atoms with Gasteiger partial charge in [-0.25, -0.2) is 4.79 Å². The van der Waals surface area contributed by atoms with Gasteiger partial charge in [-0.05, 0) is 82.3 Å². The Balaban J connectivity index is 0.841. The third-order valence-corrected chi connectivity index (χ3v) is 10.2. The molecule has 6 aromatic carbocycles. The third-order valence-electron chi connectivity index (χ3n) is 10.2. The van der Waals surface area contributed by atoms with Crippen LogP contribution >= 0.6 is 0 Å². The molecule has 3 aliphatic heterocycles. The van der Waals surface area contributed by atoms with Crippen LogP contribution in [-0.2, 0) is 31.2 Å². The molecule has 0 radical (unpaired) electrons. The van der Waals surface area contributed by atoms with Gasteiger partial charge in [-0.3, -0.25) is 24.6 Å². The number of esters is 1. The second-order valence-electron chi connectivity index (χ2n) is 13.5. The van der Waals surface area contributed by atoms with E-state index in [1.54, 1.807) is 18.2 Å². The lowest BCUT2D eigenvalue weighted by Gasteiger charge is -2.25. The molecule has 3 heterocycles. The first-order chi connectivity index (χ1) is 26.9. The van der Waals surface area contributed by atoms with Crippen molar-refractivity contribution in [2.24, 2.45) is 0 Å². The number of nitro groups is 1. The lowest BCUT2D eigenvalue weighted by atomic mass is 9.97. The van der Waals surface area contributed by atoms with Gasteiger partial charge in [0.1, 0.15) is 32.0 Å². The standard InChI is InChI=1S/C43H32N2O10/c46-41-34-12-7-13-35(45(49)50)38(34)42(47)44(41)16-5-6-17-51-43(48)25-14-15-36-37(20-25)53-22-27-19-29-24-55-40-33-11-4-2-9-31(33)30-8-1-3-10-32(30)39(40)54-23-28(29)18-26(27)21-52-36/h1-4,7-15,18-20H,5-6,16-17,21-24H2. The van der Waals surface area contributed by atoms with Gasteiger partial charge in [0.2, 0.25) is 0 Å². The fraction of sp³-hybridized carbons (Fsp3) is 0.186. The highest BCUT2D eigenvalue weighted by molar-refractivity contribution is 6.23. The minimum Gasteiger partial charge on any atom is -0.485 e. The molecule has 9 rings (SSSR count). The molecule has 274 valence electrons. The van der Waals surface area contributed by atoms with Crippen molar-refractivity contribution < 1.29 is 43.0 Å². The molecule has 0 bridgehead atoms. The summed E-state index contributed by atoms with van der Waals surface area (Å²) in [6.07, 6.45) is 0.702. The molecule has 0 atom stereocenters. The van der Waals surface area contributed by atoms with Crippen LogP contribution in [0.4, 0.5) is 5.69 Å². The van der Waals surface area contributed by atoms with Gasteiger partial charge >= 0.3 is 5.97 Å². The lowest BCUT2D eigenvalue weighted by molar-refractivity contribution is -0.385. The summed E-state index contributed by atoms with van der Waals surface area (Å²) in [5.41, 5.74) is 3.56. The van der Waals surface area contributed by atoms with Gasteiger partial charge < -0.3 is 23.7 Å². The van der Waals surface area contributed by atoms with E-state index in [-0.39, 0.29) is 43.1 Å². The minimum absolute atomic E-state index is 0.0157. The number of ether oxygens (including phenoxy) is 5. The topological polar surface area (TPSA) is 144 Å². The number of hydrogen-bond acceptors (Lipinski definition) is 10. The van der Waals surface area contributed by atoms with Gasteiger partial charge in [0.15, 0.2) is 23.0 Å². The molecule has 0 N–H and O–H groups in total. The van der Waals surface area contributed by atoms with E-state index in [9.17, 15) is 24.5 Å². The second kappa shape index (κ2) is 13.8. The van der Waals surface area contributed by atoms with Gasteiger partial charge in [0.05, 0.1) is 22.7 Å². The Hall–Kier alpha value is -6.95. The molecule has 0 fully saturated rings. The Kier molecular flexibility index (Phi) is 8.49. The molecule has 0 spiro atoms. The van der Waals surface area contributed by atoms with E-state index in [4.69, 9.17) is 23.7 Å². The highest BCUT2D eigenvalue weighted by Gasteiger charge is 2.40. The predicted molar refractivity (Wildman–Crippen MR) is 200 cm³/mol. The molecule has 55 heavy (non-hydrogen) atoms. The Morgan fingerprint density at radius 2 is 1.24 bits per heavy atom. The molecule has 6 aromatic rings. The van der Waals surface area contributed by atoms with Crippen LogP contribution in [0.25, 0.3) is 21.5 Å². The van der Waals surface area contributed by atoms with Crippen molar-refractivity contribution in [1.29, 1.82) is 0 Å². The second-order valence-corrected chi connectivity index (χ2v) is 13.5. The monoisotopic (exact) mass is 736 g/mol. The largest absolute Gasteiger partial charge is 0.485 e. The molecule has 0 saturated heterocycles. The maximum absolute atomic E-state index is 13.0. The van der Waals surface area contributed by atoms with Crippen LogP contribution in [-0.4, -0.2) is 40.8 Å². The number of fused-ring (bicyclic) bond motifs is 10. The smallest absolute Gasteiger partial charge is 0.338 e. The van der Waals surface area contributed by atoms with E-state index >= 15 is 0 Å². The zero-order chi connectivity index (χ0) is 37.6. The van der Waals surface area contributed by atoms with E-state index in [0.29, 0.717) is 37.6 Å². The van der Waals surface area contributed by atoms with Crippen molar-refractivity contribution in [2.45, 2.75) is 39.3 Å². The van der Waals surface area contributed by atoms with Crippen LogP contribution in [0.1, 0.15) is 66.2 Å². The zero-order valence-corrected chi connectivity index (χ0v) is 29.4. The predicted octanol–water partition coefficient (Wildman–Crippen LogP) is 8.08. The molecule has 12 heteroatoms. The fourth-order valence-corrected chi connectivity index (χ4v) is 7.46. The minimum atomic E-state index is -0.698. The Morgan fingerprint density at radius 3 is 1.85 bits per heavy atom. The summed E-state index contributed by atoms with van der Waals surface area (Å²) in [4.78, 5) is 50.2. The SMILES string of the molecule is O=C(OCCCCN1C(=O)c2cccc([N+](=O)[O-])c2C1=O)c1ccc2c(c1)OCc1cc3c(cc1CO2)COc1c(c2ccccc2c2ccccc12)OC3. The number of benzene rings is 6. The molecular formula is C43H32N2O10. The van der Waals surface area contributed by atoms with Crippen molar-refractivity contribution >= 4 is 45.0 Å². The first-order valence-corrected chi connectivity index (χ1v) is 17.9. The summed E-state index contributed by atoms with van der Waals surface area (Å²) in [5.74, 6) is 0.496. The molecule has 2 amide bonds. The van der Waals surface area contributed by atoms with Crippen molar-refractivity contribution in [1.82, 2.24) is 4.90 Å². The summed E-state index contributed by atoms with van der Waals surface area (Å²) in [6, 6.07) is 29.4. The molecule has 3 aliphatic rings. The third kappa shape index (κ3) is 6.01. The highest BCUT2D eigenvalue weighted by atomic mass is 16.6. The number of hydrogen-bond donors (Lipinski definition) is 0. The van der Waals surface area contributed by atoms with Gasteiger partial charge in [-0.1, -0.05) is 54.6 Å². The van der Waals surface area contributed by atoms with Crippen LogP contribution in [0.15, 0.2) is 97.1 Å². The molecular weight excluding hydrogens is 704 g/mol. The zero-order valence-electron chi connectivity index (χ0n) is 29.4. The van der Waals surface area contributed by atoms with Crippen LogP contribution < -0.4 is 18.9 Å². The number of carbonyl (C=O) groups excluding carboxylic acids is 3. The summed E-state index contributed by atoms with van der Waals surface area (Å²) >= 11 is 0. The van der Waals surface area contributed by atoms with Crippen LogP contribution in [0.2, 0.25) is 0 Å².